The lowest BCUT2D eigenvalue weighted by Crippen LogP contribution is -2.33. The van der Waals surface area contributed by atoms with E-state index >= 15 is 0 Å². The van der Waals surface area contributed by atoms with Crippen LogP contribution < -0.4 is 0 Å². The van der Waals surface area contributed by atoms with Crippen molar-refractivity contribution in [2.75, 3.05) is 0 Å². The maximum atomic E-state index is 12.9. The number of aromatic nitrogens is 2. The number of benzene rings is 1. The molecule has 1 saturated carbocycles. The fraction of sp³-hybridized carbons (Fsp3) is 0.250. The average Bonchev–Trinajstić information content (AvgIpc) is 3.39. The second kappa shape index (κ2) is 7.68. The number of nitrogens with zero attached hydrogens (tertiary/aromatic N) is 3. The summed E-state index contributed by atoms with van der Waals surface area (Å²) in [5.41, 5.74) is 2.97. The van der Waals surface area contributed by atoms with Crippen molar-refractivity contribution < 1.29 is 4.79 Å². The minimum Gasteiger partial charge on any atom is -0.335 e. The van der Waals surface area contributed by atoms with Gasteiger partial charge in [-0.25, -0.2) is 4.98 Å². The number of thiazole rings is 1. The van der Waals surface area contributed by atoms with Crippen molar-refractivity contribution in [1.29, 1.82) is 0 Å². The number of hydrogen-bond donors (Lipinski definition) is 0. The highest BCUT2D eigenvalue weighted by Crippen LogP contribution is 2.30. The largest absolute Gasteiger partial charge is 0.335 e. The van der Waals surface area contributed by atoms with Gasteiger partial charge in [-0.2, -0.15) is 0 Å². The first kappa shape index (κ1) is 17.4. The fourth-order valence-electron chi connectivity index (χ4n) is 2.91. The second-order valence-electron chi connectivity index (χ2n) is 6.45. The van der Waals surface area contributed by atoms with Crippen molar-refractivity contribution in [2.45, 2.75) is 31.8 Å². The van der Waals surface area contributed by atoms with Gasteiger partial charge in [0.2, 0.25) is 5.91 Å². The van der Waals surface area contributed by atoms with Crippen LogP contribution in [0.15, 0.2) is 58.6 Å². The molecule has 0 aliphatic heterocycles. The molecule has 0 bridgehead atoms. The summed E-state index contributed by atoms with van der Waals surface area (Å²) < 4.78 is 1.04. The summed E-state index contributed by atoms with van der Waals surface area (Å²) in [6.45, 7) is 0.655. The van der Waals surface area contributed by atoms with E-state index in [1.807, 2.05) is 34.5 Å². The van der Waals surface area contributed by atoms with Gasteiger partial charge in [0.25, 0.3) is 0 Å². The lowest BCUT2D eigenvalue weighted by atomic mass is 10.2. The Morgan fingerprint density at radius 2 is 2.15 bits per heavy atom. The lowest BCUT2D eigenvalue weighted by Gasteiger charge is -2.22. The summed E-state index contributed by atoms with van der Waals surface area (Å²) in [5.74, 6) is 0.149. The van der Waals surface area contributed by atoms with Gasteiger partial charge in [-0.1, -0.05) is 28.1 Å². The molecule has 1 amide bonds. The predicted molar refractivity (Wildman–Crippen MR) is 107 cm³/mol. The summed E-state index contributed by atoms with van der Waals surface area (Å²) in [6, 6.07) is 12.4. The first-order valence-corrected chi connectivity index (χ1v) is 10.2. The third-order valence-corrected chi connectivity index (χ3v) is 5.78. The summed E-state index contributed by atoms with van der Waals surface area (Å²) >= 11 is 5.06. The monoisotopic (exact) mass is 427 g/mol. The molecule has 2 aromatic heterocycles. The number of rotatable bonds is 6. The number of pyridine rings is 1. The molecule has 1 fully saturated rings. The molecule has 0 N–H and O–H groups in total. The molecule has 4 rings (SSSR count). The van der Waals surface area contributed by atoms with Gasteiger partial charge in [0.1, 0.15) is 5.01 Å². The molecule has 0 atom stereocenters. The second-order valence-corrected chi connectivity index (χ2v) is 8.22. The van der Waals surface area contributed by atoms with Crippen LogP contribution in [0.1, 0.15) is 24.1 Å². The molecule has 0 saturated heterocycles. The van der Waals surface area contributed by atoms with Crippen LogP contribution >= 0.6 is 27.3 Å². The van der Waals surface area contributed by atoms with E-state index in [4.69, 9.17) is 0 Å². The Morgan fingerprint density at radius 3 is 2.88 bits per heavy atom. The summed E-state index contributed by atoms with van der Waals surface area (Å²) in [5, 5.41) is 2.88. The Bertz CT molecular complexity index is 908. The summed E-state index contributed by atoms with van der Waals surface area (Å²) in [7, 11) is 0. The van der Waals surface area contributed by atoms with Crippen LogP contribution in [0.4, 0.5) is 0 Å². The molecule has 1 aliphatic rings. The Hall–Kier alpha value is -2.05. The maximum absolute atomic E-state index is 12.9. The zero-order valence-corrected chi connectivity index (χ0v) is 16.5. The van der Waals surface area contributed by atoms with Gasteiger partial charge >= 0.3 is 0 Å². The molecular formula is C20H18BrN3OS. The van der Waals surface area contributed by atoms with Crippen molar-refractivity contribution in [1.82, 2.24) is 14.9 Å². The smallest absolute Gasteiger partial charge is 0.229 e. The standard InChI is InChI=1S/C20H18BrN3OS/c21-16-5-1-3-14(9-16)12-24(18-6-7-18)19(25)10-17-13-26-20(23-17)15-4-2-8-22-11-15/h1-5,8-9,11,13,18H,6-7,10,12H2. The van der Waals surface area contributed by atoms with Crippen LogP contribution in [0, 0.1) is 0 Å². The van der Waals surface area contributed by atoms with Crippen LogP contribution in [0.5, 0.6) is 0 Å². The van der Waals surface area contributed by atoms with Crippen LogP contribution in [0.25, 0.3) is 10.6 Å². The fourth-order valence-corrected chi connectivity index (χ4v) is 4.16. The van der Waals surface area contributed by atoms with Crippen molar-refractivity contribution in [3.8, 4) is 10.6 Å². The number of amides is 1. The first-order chi connectivity index (χ1) is 12.7. The van der Waals surface area contributed by atoms with Gasteiger partial charge in [-0.3, -0.25) is 9.78 Å². The van der Waals surface area contributed by atoms with Crippen LogP contribution in [0.2, 0.25) is 0 Å². The Balaban J connectivity index is 1.46. The minimum atomic E-state index is 0.149. The summed E-state index contributed by atoms with van der Waals surface area (Å²) in [6.07, 6.45) is 6.09. The van der Waals surface area contributed by atoms with E-state index in [1.54, 1.807) is 23.7 Å². The number of halogens is 1. The number of carbonyl (C=O) groups excluding carboxylic acids is 1. The zero-order valence-electron chi connectivity index (χ0n) is 14.1. The average molecular weight is 428 g/mol. The molecule has 6 heteroatoms. The normalized spacial score (nSPS) is 13.6. The molecule has 1 aliphatic carbocycles. The zero-order chi connectivity index (χ0) is 17.9. The van der Waals surface area contributed by atoms with Crippen LogP contribution in [-0.2, 0) is 17.8 Å². The Morgan fingerprint density at radius 1 is 1.27 bits per heavy atom. The van der Waals surface area contributed by atoms with Crippen molar-refractivity contribution in [3.05, 3.63) is 69.9 Å². The lowest BCUT2D eigenvalue weighted by molar-refractivity contribution is -0.131. The van der Waals surface area contributed by atoms with E-state index in [9.17, 15) is 4.79 Å². The third-order valence-electron chi connectivity index (χ3n) is 4.34. The van der Waals surface area contributed by atoms with E-state index in [1.165, 1.54) is 0 Å². The number of hydrogen-bond acceptors (Lipinski definition) is 4. The predicted octanol–water partition coefficient (Wildman–Crippen LogP) is 4.70. The quantitative estimate of drug-likeness (QED) is 0.572. The first-order valence-electron chi connectivity index (χ1n) is 8.58. The Kier molecular flexibility index (Phi) is 5.13. The minimum absolute atomic E-state index is 0.149. The molecule has 0 radical (unpaired) electrons. The molecule has 3 aromatic rings. The molecule has 132 valence electrons. The maximum Gasteiger partial charge on any atom is 0.229 e. The van der Waals surface area contributed by atoms with Gasteiger partial charge in [-0.05, 0) is 42.7 Å². The molecule has 26 heavy (non-hydrogen) atoms. The van der Waals surface area contributed by atoms with E-state index in [0.29, 0.717) is 19.0 Å². The molecule has 1 aromatic carbocycles. The summed E-state index contributed by atoms with van der Waals surface area (Å²) in [4.78, 5) is 23.7. The van der Waals surface area contributed by atoms with Crippen molar-refractivity contribution >= 4 is 33.2 Å². The third kappa shape index (κ3) is 4.19. The van der Waals surface area contributed by atoms with Gasteiger partial charge in [-0.15, -0.1) is 11.3 Å². The van der Waals surface area contributed by atoms with E-state index < -0.39 is 0 Å². The van der Waals surface area contributed by atoms with Gasteiger partial charge < -0.3 is 4.90 Å². The molecular weight excluding hydrogens is 410 g/mol. The molecule has 4 nitrogen and oxygen atoms in total. The van der Waals surface area contributed by atoms with Gasteiger partial charge in [0.15, 0.2) is 0 Å². The topological polar surface area (TPSA) is 46.1 Å². The Labute approximate surface area is 165 Å². The SMILES string of the molecule is O=C(Cc1csc(-c2cccnc2)n1)N(Cc1cccc(Br)c1)C1CC1. The van der Waals surface area contributed by atoms with Crippen LogP contribution in [-0.4, -0.2) is 26.8 Å². The van der Waals surface area contributed by atoms with Crippen LogP contribution in [0.3, 0.4) is 0 Å². The van der Waals surface area contributed by atoms with Crippen molar-refractivity contribution in [3.63, 3.8) is 0 Å². The highest BCUT2D eigenvalue weighted by Gasteiger charge is 2.32. The van der Waals surface area contributed by atoms with Gasteiger partial charge in [0.05, 0.1) is 12.1 Å². The van der Waals surface area contributed by atoms with E-state index in [-0.39, 0.29) is 5.91 Å². The highest BCUT2D eigenvalue weighted by molar-refractivity contribution is 9.10. The number of carbonyl (C=O) groups is 1. The van der Waals surface area contributed by atoms with Crippen molar-refractivity contribution in [2.24, 2.45) is 0 Å². The highest BCUT2D eigenvalue weighted by atomic mass is 79.9. The van der Waals surface area contributed by atoms with E-state index in [0.717, 1.165) is 39.1 Å². The van der Waals surface area contributed by atoms with E-state index in [2.05, 4.69) is 38.0 Å². The molecule has 0 spiro atoms. The molecule has 2 heterocycles. The van der Waals surface area contributed by atoms with Gasteiger partial charge in [0, 0.05) is 40.4 Å². The molecule has 0 unspecified atom stereocenters.